The highest BCUT2D eigenvalue weighted by molar-refractivity contribution is 5.46. The highest BCUT2D eigenvalue weighted by Gasteiger charge is 2.07. The van der Waals surface area contributed by atoms with Crippen LogP contribution >= 0.6 is 0 Å². The molecule has 1 aromatic rings. The SMILES string of the molecule is COC.O=[N+]([O-])c1ccc(O)c(O)c1. The summed E-state index contributed by atoms with van der Waals surface area (Å²) >= 11 is 0. The van der Waals surface area contributed by atoms with Gasteiger partial charge in [0.05, 0.1) is 11.0 Å². The third-order valence-corrected chi connectivity index (χ3v) is 1.17. The second kappa shape index (κ2) is 5.76. The van der Waals surface area contributed by atoms with Gasteiger partial charge < -0.3 is 14.9 Å². The molecule has 0 unspecified atom stereocenters. The number of nitrogens with zero attached hydrogens (tertiary/aromatic N) is 1. The van der Waals surface area contributed by atoms with E-state index in [1.165, 1.54) is 0 Å². The summed E-state index contributed by atoms with van der Waals surface area (Å²) in [7, 11) is 3.25. The molecule has 0 heterocycles. The monoisotopic (exact) mass is 201 g/mol. The molecule has 0 aliphatic carbocycles. The van der Waals surface area contributed by atoms with E-state index >= 15 is 0 Å². The normalized spacial score (nSPS) is 8.71. The lowest BCUT2D eigenvalue weighted by molar-refractivity contribution is -0.385. The van der Waals surface area contributed by atoms with Crippen molar-refractivity contribution in [3.63, 3.8) is 0 Å². The van der Waals surface area contributed by atoms with Crippen LogP contribution in [0.3, 0.4) is 0 Å². The van der Waals surface area contributed by atoms with E-state index in [4.69, 9.17) is 10.2 Å². The molecule has 0 bridgehead atoms. The zero-order chi connectivity index (χ0) is 11.1. The molecule has 0 radical (unpaired) electrons. The number of aromatic hydroxyl groups is 2. The molecule has 0 atom stereocenters. The number of phenolic OH excluding ortho intramolecular Hbond substituents is 2. The van der Waals surface area contributed by atoms with Crippen LogP contribution in [0.5, 0.6) is 11.5 Å². The molecule has 0 amide bonds. The summed E-state index contributed by atoms with van der Waals surface area (Å²) in [6.45, 7) is 0. The van der Waals surface area contributed by atoms with Crippen molar-refractivity contribution >= 4 is 5.69 Å². The van der Waals surface area contributed by atoms with Crippen LogP contribution in [0.15, 0.2) is 18.2 Å². The largest absolute Gasteiger partial charge is 0.504 e. The minimum Gasteiger partial charge on any atom is -0.504 e. The van der Waals surface area contributed by atoms with Gasteiger partial charge in [-0.15, -0.1) is 0 Å². The number of nitro groups is 1. The van der Waals surface area contributed by atoms with E-state index in [0.29, 0.717) is 0 Å². The molecule has 1 rings (SSSR count). The highest BCUT2D eigenvalue weighted by Crippen LogP contribution is 2.28. The van der Waals surface area contributed by atoms with Crippen LogP contribution in [0.4, 0.5) is 5.69 Å². The minimum atomic E-state index is -0.654. The van der Waals surface area contributed by atoms with Gasteiger partial charge in [0, 0.05) is 20.3 Å². The number of hydrogen-bond donors (Lipinski definition) is 2. The molecule has 0 aliphatic rings. The number of ether oxygens (including phenoxy) is 1. The summed E-state index contributed by atoms with van der Waals surface area (Å²) in [4.78, 5) is 9.42. The maximum atomic E-state index is 10.1. The standard InChI is InChI=1S/C6H5NO4.C2H6O/c8-5-2-1-4(7(10)11)3-6(5)9;1-3-2/h1-3,8-9H;1-2H3. The molecular weight excluding hydrogens is 190 g/mol. The Hall–Kier alpha value is -1.82. The molecule has 2 N–H and O–H groups in total. The highest BCUT2D eigenvalue weighted by atomic mass is 16.6. The topological polar surface area (TPSA) is 92.8 Å². The smallest absolute Gasteiger partial charge is 0.273 e. The Kier molecular flexibility index (Phi) is 5.01. The van der Waals surface area contributed by atoms with Crippen LogP contribution in [0.25, 0.3) is 0 Å². The van der Waals surface area contributed by atoms with Crippen LogP contribution in [0.1, 0.15) is 0 Å². The van der Waals surface area contributed by atoms with E-state index < -0.39 is 10.7 Å². The van der Waals surface area contributed by atoms with Crippen LogP contribution in [-0.4, -0.2) is 29.4 Å². The predicted octanol–water partition coefficient (Wildman–Crippen LogP) is 1.27. The molecule has 0 saturated carbocycles. The van der Waals surface area contributed by atoms with E-state index in [0.717, 1.165) is 18.2 Å². The maximum Gasteiger partial charge on any atom is 0.273 e. The quantitative estimate of drug-likeness (QED) is 0.405. The van der Waals surface area contributed by atoms with Gasteiger partial charge in [0.15, 0.2) is 11.5 Å². The minimum absolute atomic E-state index is 0.250. The first-order valence-electron chi connectivity index (χ1n) is 3.59. The molecule has 14 heavy (non-hydrogen) atoms. The van der Waals surface area contributed by atoms with Gasteiger partial charge in [-0.25, -0.2) is 0 Å². The summed E-state index contributed by atoms with van der Waals surface area (Å²) in [6.07, 6.45) is 0. The summed E-state index contributed by atoms with van der Waals surface area (Å²) in [5, 5.41) is 27.6. The van der Waals surface area contributed by atoms with Crippen molar-refractivity contribution < 1.29 is 19.9 Å². The average molecular weight is 201 g/mol. The van der Waals surface area contributed by atoms with E-state index in [9.17, 15) is 10.1 Å². The lowest BCUT2D eigenvalue weighted by atomic mass is 10.3. The fourth-order valence-corrected chi connectivity index (χ4v) is 0.625. The number of phenols is 2. The van der Waals surface area contributed by atoms with Crippen molar-refractivity contribution in [3.8, 4) is 11.5 Å². The first-order chi connectivity index (χ1) is 6.52. The van der Waals surface area contributed by atoms with Crippen molar-refractivity contribution in [1.82, 2.24) is 0 Å². The molecule has 0 aliphatic heterocycles. The summed E-state index contributed by atoms with van der Waals surface area (Å²) < 4.78 is 4.25. The van der Waals surface area contributed by atoms with Crippen molar-refractivity contribution in [2.75, 3.05) is 14.2 Å². The summed E-state index contributed by atoms with van der Waals surface area (Å²) in [5.41, 5.74) is -0.250. The molecule has 0 fully saturated rings. The number of non-ortho nitro benzene ring substituents is 1. The van der Waals surface area contributed by atoms with Gasteiger partial charge in [0.1, 0.15) is 0 Å². The van der Waals surface area contributed by atoms with E-state index in [2.05, 4.69) is 4.74 Å². The van der Waals surface area contributed by atoms with Gasteiger partial charge in [0.2, 0.25) is 0 Å². The molecule has 1 aromatic carbocycles. The zero-order valence-corrected chi connectivity index (χ0v) is 7.80. The van der Waals surface area contributed by atoms with E-state index in [1.54, 1.807) is 14.2 Å². The van der Waals surface area contributed by atoms with Crippen molar-refractivity contribution in [3.05, 3.63) is 28.3 Å². The summed E-state index contributed by atoms with van der Waals surface area (Å²) in [6, 6.07) is 3.05. The third-order valence-electron chi connectivity index (χ3n) is 1.17. The lowest BCUT2D eigenvalue weighted by Crippen LogP contribution is -1.86. The second-order valence-corrected chi connectivity index (χ2v) is 2.34. The molecule has 78 valence electrons. The Morgan fingerprint density at radius 2 is 1.79 bits per heavy atom. The Labute approximate surface area is 80.5 Å². The van der Waals surface area contributed by atoms with Gasteiger partial charge in [-0.2, -0.15) is 0 Å². The average Bonchev–Trinajstić information content (AvgIpc) is 2.10. The number of nitro benzene ring substituents is 1. The number of methoxy groups -OCH3 is 1. The number of rotatable bonds is 1. The fourth-order valence-electron chi connectivity index (χ4n) is 0.625. The van der Waals surface area contributed by atoms with Gasteiger partial charge in [-0.05, 0) is 6.07 Å². The van der Waals surface area contributed by atoms with E-state index in [1.807, 2.05) is 0 Å². The van der Waals surface area contributed by atoms with Gasteiger partial charge in [-0.1, -0.05) is 0 Å². The molecule has 6 nitrogen and oxygen atoms in total. The predicted molar refractivity (Wildman–Crippen MR) is 49.4 cm³/mol. The first-order valence-corrected chi connectivity index (χ1v) is 3.59. The molecular formula is C8H11NO5. The van der Waals surface area contributed by atoms with Crippen molar-refractivity contribution in [2.24, 2.45) is 0 Å². The number of hydrogen-bond acceptors (Lipinski definition) is 5. The molecule has 0 aromatic heterocycles. The number of benzene rings is 1. The Bertz CT molecular complexity index is 313. The zero-order valence-electron chi connectivity index (χ0n) is 7.80. The third kappa shape index (κ3) is 3.72. The Morgan fingerprint density at radius 1 is 1.29 bits per heavy atom. The first kappa shape index (κ1) is 12.2. The van der Waals surface area contributed by atoms with Crippen molar-refractivity contribution in [2.45, 2.75) is 0 Å². The van der Waals surface area contributed by atoms with Gasteiger partial charge >= 0.3 is 0 Å². The van der Waals surface area contributed by atoms with Crippen molar-refractivity contribution in [1.29, 1.82) is 0 Å². The van der Waals surface area contributed by atoms with Crippen LogP contribution in [-0.2, 0) is 4.74 Å². The molecule has 0 spiro atoms. The summed E-state index contributed by atoms with van der Waals surface area (Å²) in [5.74, 6) is -0.852. The molecule has 0 saturated heterocycles. The van der Waals surface area contributed by atoms with E-state index in [-0.39, 0.29) is 11.4 Å². The van der Waals surface area contributed by atoms with Crippen LogP contribution in [0.2, 0.25) is 0 Å². The van der Waals surface area contributed by atoms with Gasteiger partial charge in [0.25, 0.3) is 5.69 Å². The second-order valence-electron chi connectivity index (χ2n) is 2.34. The lowest BCUT2D eigenvalue weighted by Gasteiger charge is -1.94. The Balaban J connectivity index is 0.000000500. The molecule has 6 heteroatoms. The maximum absolute atomic E-state index is 10.1. The van der Waals surface area contributed by atoms with Gasteiger partial charge in [-0.3, -0.25) is 10.1 Å². The fraction of sp³-hybridized carbons (Fsp3) is 0.250. The van der Waals surface area contributed by atoms with Crippen LogP contribution < -0.4 is 0 Å². The Morgan fingerprint density at radius 3 is 2.14 bits per heavy atom. The van der Waals surface area contributed by atoms with Crippen LogP contribution in [0, 0.1) is 10.1 Å².